The molecule has 4 aliphatic carbocycles. The summed E-state index contributed by atoms with van der Waals surface area (Å²) in [6.45, 7) is 12.0. The first-order valence-corrected chi connectivity index (χ1v) is 18.0. The number of benzene rings is 3. The largest absolute Gasteiger partial charge is 0.691 e. The molecule has 0 amide bonds. The van der Waals surface area contributed by atoms with Crippen molar-refractivity contribution in [2.24, 2.45) is 17.8 Å². The van der Waals surface area contributed by atoms with Crippen molar-refractivity contribution in [2.45, 2.75) is 99.2 Å². The SMILES string of the molecule is CC.CC.CC.O=C1C2CC3CC1CC(OC(=O)C(F)(F)SOO[O-])(C3)C2.c1ccc([S+](c2ccccc2)c2ccccc2)cc1. The zero-order chi connectivity index (χ0) is 34.2. The predicted octanol–water partition coefficient (Wildman–Crippen LogP) is 9.00. The van der Waals surface area contributed by atoms with Crippen molar-refractivity contribution >= 4 is 34.7 Å². The number of carbonyl (C=O) groups excluding carboxylic acids is 2. The third-order valence-electron chi connectivity index (χ3n) is 7.59. The van der Waals surface area contributed by atoms with Gasteiger partial charge in [0.1, 0.15) is 23.4 Å². The van der Waals surface area contributed by atoms with Gasteiger partial charge in [0.15, 0.2) is 14.7 Å². The van der Waals surface area contributed by atoms with E-state index in [0.29, 0.717) is 19.3 Å². The Morgan fingerprint density at radius 2 is 1.15 bits per heavy atom. The summed E-state index contributed by atoms with van der Waals surface area (Å²) in [4.78, 5) is 27.7. The molecule has 0 aromatic heterocycles. The van der Waals surface area contributed by atoms with E-state index < -0.39 is 28.9 Å². The smallest absolute Gasteiger partial charge is 0.415 e. The maximum absolute atomic E-state index is 13.4. The van der Waals surface area contributed by atoms with Gasteiger partial charge in [-0.15, -0.1) is 0 Å². The second-order valence-electron chi connectivity index (χ2n) is 10.3. The first-order chi connectivity index (χ1) is 22.3. The summed E-state index contributed by atoms with van der Waals surface area (Å²) < 4.78 is 35.5. The minimum Gasteiger partial charge on any atom is -0.691 e. The van der Waals surface area contributed by atoms with Crippen LogP contribution in [0.1, 0.15) is 73.6 Å². The molecule has 4 aliphatic rings. The highest BCUT2D eigenvalue weighted by Gasteiger charge is 2.59. The average Bonchev–Trinajstić information content (AvgIpc) is 3.10. The van der Waals surface area contributed by atoms with Crippen molar-refractivity contribution < 1.29 is 37.7 Å². The molecule has 0 radical (unpaired) electrons. The normalized spacial score (nSPS) is 22.0. The van der Waals surface area contributed by atoms with Gasteiger partial charge in [0.2, 0.25) is 0 Å². The monoisotopic (exact) mass is 676 g/mol. The van der Waals surface area contributed by atoms with Crippen molar-refractivity contribution in [1.82, 2.24) is 0 Å². The van der Waals surface area contributed by atoms with Crippen LogP contribution in [0.15, 0.2) is 106 Å². The van der Waals surface area contributed by atoms with Crippen molar-refractivity contribution in [1.29, 1.82) is 0 Å². The number of halogens is 2. The topological polar surface area (TPSA) is 84.9 Å². The van der Waals surface area contributed by atoms with Crippen LogP contribution in [-0.2, 0) is 34.6 Å². The van der Waals surface area contributed by atoms with Gasteiger partial charge in [-0.1, -0.05) is 96.1 Å². The second-order valence-corrected chi connectivity index (χ2v) is 13.1. The van der Waals surface area contributed by atoms with Crippen molar-refractivity contribution in [2.75, 3.05) is 0 Å². The first kappa shape index (κ1) is 39.4. The van der Waals surface area contributed by atoms with Gasteiger partial charge in [0, 0.05) is 11.8 Å². The number of carbonyl (C=O) groups is 2. The molecular formula is C36H46F2O6S2. The maximum Gasteiger partial charge on any atom is 0.415 e. The van der Waals surface area contributed by atoms with Gasteiger partial charge in [0.05, 0.1) is 10.9 Å². The van der Waals surface area contributed by atoms with E-state index in [-0.39, 0.29) is 34.4 Å². The molecule has 7 rings (SSSR count). The third kappa shape index (κ3) is 10.4. The molecule has 2 atom stereocenters. The van der Waals surface area contributed by atoms with Crippen LogP contribution < -0.4 is 5.26 Å². The van der Waals surface area contributed by atoms with Crippen LogP contribution in [0.25, 0.3) is 0 Å². The number of ketones is 1. The highest BCUT2D eigenvalue weighted by Crippen LogP contribution is 2.56. The quantitative estimate of drug-likeness (QED) is 0.0774. The molecule has 4 bridgehead atoms. The molecule has 0 spiro atoms. The molecule has 0 heterocycles. The van der Waals surface area contributed by atoms with Crippen LogP contribution in [0.2, 0.25) is 0 Å². The fourth-order valence-corrected chi connectivity index (χ4v) is 8.55. The molecule has 10 heteroatoms. The number of hydrogen-bond acceptors (Lipinski definition) is 7. The molecule has 252 valence electrons. The zero-order valence-electron chi connectivity index (χ0n) is 27.4. The van der Waals surface area contributed by atoms with E-state index in [1.54, 1.807) is 0 Å². The van der Waals surface area contributed by atoms with E-state index in [2.05, 4.69) is 100 Å². The molecule has 3 aromatic carbocycles. The lowest BCUT2D eigenvalue weighted by atomic mass is 9.53. The van der Waals surface area contributed by atoms with Crippen LogP contribution in [0.4, 0.5) is 8.78 Å². The average molecular weight is 677 g/mol. The number of esters is 1. The Kier molecular flexibility index (Phi) is 17.0. The Bertz CT molecular complexity index is 1190. The summed E-state index contributed by atoms with van der Waals surface area (Å²) in [5, 5.41) is 8.37. The predicted molar refractivity (Wildman–Crippen MR) is 178 cm³/mol. The molecule has 4 fully saturated rings. The Morgan fingerprint density at radius 1 is 0.761 bits per heavy atom. The highest BCUT2D eigenvalue weighted by atomic mass is 32.2. The second kappa shape index (κ2) is 19.8. The summed E-state index contributed by atoms with van der Waals surface area (Å²) in [6, 6.07) is 32.2. The lowest BCUT2D eigenvalue weighted by molar-refractivity contribution is -0.777. The lowest BCUT2D eigenvalue weighted by Gasteiger charge is -2.54. The summed E-state index contributed by atoms with van der Waals surface area (Å²) in [5.41, 5.74) is -0.982. The molecule has 46 heavy (non-hydrogen) atoms. The van der Waals surface area contributed by atoms with E-state index in [4.69, 9.17) is 4.74 Å². The number of rotatable bonds is 8. The summed E-state index contributed by atoms with van der Waals surface area (Å²) in [7, 11) is -0.0146. The minimum atomic E-state index is -4.03. The first-order valence-electron chi connectivity index (χ1n) is 16.0. The summed E-state index contributed by atoms with van der Waals surface area (Å²) in [6.07, 6.45) is 2.65. The standard InChI is InChI=1S/C18H15S.C12H14F2O6S.3C2H6/c1-4-10-16(11-5-1)19(17-12-6-2-7-13-17)18-14-8-3-9-15-18;13-12(14,21-20-19-17)10(16)18-11-3-6-1-7(4-11)9(15)8(2-6)5-11;3*1-2/h1-15H;6-8,17H,1-5H2;3*1-2H3/q+1;;;;/p-1. The molecule has 3 aromatic rings. The number of Topliss-reactive ketones (excluding diaryl/α,β-unsaturated/α-hetero) is 1. The Balaban J connectivity index is 0.000000277. The van der Waals surface area contributed by atoms with Crippen LogP contribution in [0, 0.1) is 17.8 Å². The van der Waals surface area contributed by atoms with Gasteiger partial charge >= 0.3 is 11.2 Å². The van der Waals surface area contributed by atoms with Crippen molar-refractivity contribution in [3.05, 3.63) is 91.0 Å². The van der Waals surface area contributed by atoms with Crippen LogP contribution in [0.3, 0.4) is 0 Å². The fourth-order valence-electron chi connectivity index (χ4n) is 6.22. The summed E-state index contributed by atoms with van der Waals surface area (Å²) in [5.74, 6) is -1.73. The van der Waals surface area contributed by atoms with E-state index in [0.717, 1.165) is 12.8 Å². The Labute approximate surface area is 279 Å². The Hall–Kier alpha value is -2.76. The lowest BCUT2D eigenvalue weighted by Crippen LogP contribution is -2.57. The number of hydrogen-bond donors (Lipinski definition) is 0. The molecule has 0 saturated heterocycles. The van der Waals surface area contributed by atoms with Gasteiger partial charge in [0.25, 0.3) is 0 Å². The van der Waals surface area contributed by atoms with E-state index in [9.17, 15) is 23.6 Å². The molecular weight excluding hydrogens is 631 g/mol. The van der Waals surface area contributed by atoms with Crippen molar-refractivity contribution in [3.8, 4) is 0 Å². The van der Waals surface area contributed by atoms with Crippen molar-refractivity contribution in [3.63, 3.8) is 0 Å². The molecule has 0 N–H and O–H groups in total. The third-order valence-corrected chi connectivity index (χ3v) is 10.3. The fraction of sp³-hybridized carbons (Fsp3) is 0.444. The zero-order valence-corrected chi connectivity index (χ0v) is 29.1. The van der Waals surface area contributed by atoms with E-state index in [1.807, 2.05) is 41.5 Å². The summed E-state index contributed by atoms with van der Waals surface area (Å²) >= 11 is -0.694. The van der Waals surface area contributed by atoms with Gasteiger partial charge in [-0.3, -0.25) is 9.83 Å². The van der Waals surface area contributed by atoms with E-state index in [1.165, 1.54) is 14.7 Å². The minimum absolute atomic E-state index is 0.0146. The van der Waals surface area contributed by atoms with Crippen LogP contribution >= 0.6 is 12.0 Å². The van der Waals surface area contributed by atoms with Gasteiger partial charge in [-0.25, -0.2) is 4.79 Å². The highest BCUT2D eigenvalue weighted by molar-refractivity contribution is 7.97. The van der Waals surface area contributed by atoms with E-state index >= 15 is 0 Å². The number of ether oxygens (including phenoxy) is 1. The van der Waals surface area contributed by atoms with Crippen LogP contribution in [-0.4, -0.2) is 22.6 Å². The molecule has 4 saturated carbocycles. The van der Waals surface area contributed by atoms with Gasteiger partial charge in [-0.05, 0) is 74.4 Å². The molecule has 0 aliphatic heterocycles. The number of alkyl halides is 2. The van der Waals surface area contributed by atoms with Gasteiger partial charge < -0.3 is 9.99 Å². The van der Waals surface area contributed by atoms with Crippen LogP contribution in [0.5, 0.6) is 0 Å². The maximum atomic E-state index is 13.4. The van der Waals surface area contributed by atoms with Gasteiger partial charge in [-0.2, -0.15) is 13.1 Å². The molecule has 6 nitrogen and oxygen atoms in total. The Morgan fingerprint density at radius 3 is 1.52 bits per heavy atom. The molecule has 2 unspecified atom stereocenters.